The van der Waals surface area contributed by atoms with Gasteiger partial charge in [0.05, 0.1) is 22.5 Å². The summed E-state index contributed by atoms with van der Waals surface area (Å²) in [7, 11) is 0. The highest BCUT2D eigenvalue weighted by Crippen LogP contribution is 2.38. The average molecular weight is 380 g/mol. The lowest BCUT2D eigenvalue weighted by molar-refractivity contribution is -0.138. The fourth-order valence-corrected chi connectivity index (χ4v) is 3.26. The molecule has 2 aromatic carbocycles. The quantitative estimate of drug-likeness (QED) is 0.716. The third-order valence-electron chi connectivity index (χ3n) is 4.94. The van der Waals surface area contributed by atoms with Crippen LogP contribution in [-0.4, -0.2) is 18.5 Å². The normalized spacial score (nSPS) is 16.7. The second-order valence-corrected chi connectivity index (χ2v) is 6.78. The molecule has 0 bridgehead atoms. The van der Waals surface area contributed by atoms with E-state index in [0.717, 1.165) is 29.3 Å². The van der Waals surface area contributed by atoms with Gasteiger partial charge in [-0.1, -0.05) is 13.0 Å². The second kappa shape index (κ2) is 6.87. The Morgan fingerprint density at radius 2 is 1.89 bits per heavy atom. The molecule has 1 N–H and O–H groups in total. The van der Waals surface area contributed by atoms with Crippen molar-refractivity contribution in [3.05, 3.63) is 58.4 Å². The zero-order chi connectivity index (χ0) is 19.9. The Hall–Kier alpha value is -2.57. The van der Waals surface area contributed by atoms with Gasteiger partial charge in [0, 0.05) is 12.6 Å². The summed E-state index contributed by atoms with van der Waals surface area (Å²) < 4.78 is 54.4. The zero-order valence-corrected chi connectivity index (χ0v) is 15.2. The molecule has 0 aromatic heterocycles. The molecule has 1 atom stereocenters. The Bertz CT molecular complexity index is 892. The highest BCUT2D eigenvalue weighted by atomic mass is 19.4. The molecule has 1 aliphatic heterocycles. The number of rotatable bonds is 2. The Balaban J connectivity index is 2.15. The number of benzene rings is 2. The number of nitrogens with zero attached hydrogens (tertiary/aromatic N) is 1. The van der Waals surface area contributed by atoms with Crippen LogP contribution in [0.4, 0.5) is 28.9 Å². The molecule has 1 aliphatic rings. The van der Waals surface area contributed by atoms with E-state index in [1.165, 1.54) is 4.90 Å². The summed E-state index contributed by atoms with van der Waals surface area (Å²) in [6.45, 7) is 5.85. The van der Waals surface area contributed by atoms with Gasteiger partial charge in [0.15, 0.2) is 0 Å². The maximum absolute atomic E-state index is 14.3. The maximum atomic E-state index is 14.3. The lowest BCUT2D eigenvalue weighted by atomic mass is 9.99. The molecule has 3 nitrogen and oxygen atoms in total. The van der Waals surface area contributed by atoms with Crippen LogP contribution in [0.3, 0.4) is 0 Å². The summed E-state index contributed by atoms with van der Waals surface area (Å²) in [6, 6.07) is 6.04. The van der Waals surface area contributed by atoms with Gasteiger partial charge in [0.25, 0.3) is 5.91 Å². The van der Waals surface area contributed by atoms with Crippen LogP contribution in [0.5, 0.6) is 0 Å². The minimum atomic E-state index is -4.82. The molecular formula is C20H20F4N2O. The van der Waals surface area contributed by atoms with Gasteiger partial charge in [-0.25, -0.2) is 4.39 Å². The largest absolute Gasteiger partial charge is 0.417 e. The number of halogens is 4. The van der Waals surface area contributed by atoms with Gasteiger partial charge in [0.1, 0.15) is 5.82 Å². The van der Waals surface area contributed by atoms with E-state index in [1.807, 2.05) is 26.8 Å². The van der Waals surface area contributed by atoms with Gasteiger partial charge in [-0.2, -0.15) is 13.2 Å². The third kappa shape index (κ3) is 3.50. The predicted octanol–water partition coefficient (Wildman–Crippen LogP) is 5.31. The monoisotopic (exact) mass is 380 g/mol. The number of hydrogen-bond acceptors (Lipinski definition) is 2. The average Bonchev–Trinajstić information content (AvgIpc) is 2.60. The van der Waals surface area contributed by atoms with Crippen molar-refractivity contribution in [2.75, 3.05) is 16.8 Å². The first-order valence-corrected chi connectivity index (χ1v) is 8.68. The molecule has 1 heterocycles. The first kappa shape index (κ1) is 19.2. The van der Waals surface area contributed by atoms with Gasteiger partial charge in [0.2, 0.25) is 0 Å². The van der Waals surface area contributed by atoms with Crippen LogP contribution < -0.4 is 10.2 Å². The molecule has 3 rings (SSSR count). The van der Waals surface area contributed by atoms with Crippen LogP contribution in [0.2, 0.25) is 0 Å². The van der Waals surface area contributed by atoms with Crippen molar-refractivity contribution in [2.45, 2.75) is 39.4 Å². The lowest BCUT2D eigenvalue weighted by Crippen LogP contribution is -2.45. The van der Waals surface area contributed by atoms with E-state index >= 15 is 0 Å². The standard InChI is InChI=1S/C20H20F4N2O/c1-4-13-10-26(17-9-12(3)11(2)8-16(17)25-13)19(27)18-14(20(22,23)24)6-5-7-15(18)21/h5-9,13,25H,4,10H2,1-3H3. The third-order valence-corrected chi connectivity index (χ3v) is 4.94. The summed E-state index contributed by atoms with van der Waals surface area (Å²) in [5.74, 6) is -2.16. The number of anilines is 2. The molecule has 0 saturated carbocycles. The lowest BCUT2D eigenvalue weighted by Gasteiger charge is -2.36. The van der Waals surface area contributed by atoms with Crippen molar-refractivity contribution >= 4 is 17.3 Å². The van der Waals surface area contributed by atoms with Crippen molar-refractivity contribution in [1.29, 1.82) is 0 Å². The van der Waals surface area contributed by atoms with Gasteiger partial charge < -0.3 is 10.2 Å². The van der Waals surface area contributed by atoms with Crippen LogP contribution in [0, 0.1) is 19.7 Å². The van der Waals surface area contributed by atoms with Crippen LogP contribution >= 0.6 is 0 Å². The van der Waals surface area contributed by atoms with E-state index in [2.05, 4.69) is 5.32 Å². The molecule has 0 spiro atoms. The van der Waals surface area contributed by atoms with Crippen molar-refractivity contribution in [1.82, 2.24) is 0 Å². The van der Waals surface area contributed by atoms with Gasteiger partial charge in [-0.3, -0.25) is 4.79 Å². The van der Waals surface area contributed by atoms with E-state index in [-0.39, 0.29) is 12.6 Å². The molecule has 144 valence electrons. The van der Waals surface area contributed by atoms with Gasteiger partial charge in [-0.15, -0.1) is 0 Å². The topological polar surface area (TPSA) is 32.3 Å². The van der Waals surface area contributed by atoms with Crippen molar-refractivity contribution in [3.63, 3.8) is 0 Å². The molecule has 1 unspecified atom stereocenters. The summed E-state index contributed by atoms with van der Waals surface area (Å²) in [5.41, 5.74) is 0.814. The van der Waals surface area contributed by atoms with Crippen LogP contribution in [-0.2, 0) is 6.18 Å². The Kier molecular flexibility index (Phi) is 4.88. The number of aryl methyl sites for hydroxylation is 2. The summed E-state index contributed by atoms with van der Waals surface area (Å²) in [5, 5.41) is 3.30. The van der Waals surface area contributed by atoms with Crippen LogP contribution in [0.25, 0.3) is 0 Å². The summed E-state index contributed by atoms with van der Waals surface area (Å²) in [6.07, 6.45) is -4.16. The molecular weight excluding hydrogens is 360 g/mol. The van der Waals surface area contributed by atoms with Crippen molar-refractivity contribution in [3.8, 4) is 0 Å². The van der Waals surface area contributed by atoms with Crippen LogP contribution in [0.15, 0.2) is 30.3 Å². The molecule has 0 saturated heterocycles. The first-order valence-electron chi connectivity index (χ1n) is 8.68. The predicted molar refractivity (Wildman–Crippen MR) is 96.7 cm³/mol. The fraction of sp³-hybridized carbons (Fsp3) is 0.350. The minimum absolute atomic E-state index is 0.135. The van der Waals surface area contributed by atoms with Crippen molar-refractivity contribution < 1.29 is 22.4 Å². The van der Waals surface area contributed by atoms with Gasteiger partial charge >= 0.3 is 6.18 Å². The molecule has 0 fully saturated rings. The van der Waals surface area contributed by atoms with E-state index < -0.39 is 29.0 Å². The molecule has 2 aromatic rings. The minimum Gasteiger partial charge on any atom is -0.379 e. The van der Waals surface area contributed by atoms with E-state index in [4.69, 9.17) is 0 Å². The number of amides is 1. The fourth-order valence-electron chi connectivity index (χ4n) is 3.26. The Morgan fingerprint density at radius 3 is 2.52 bits per heavy atom. The first-order chi connectivity index (χ1) is 12.6. The molecule has 1 amide bonds. The smallest absolute Gasteiger partial charge is 0.379 e. The number of fused-ring (bicyclic) bond motifs is 1. The van der Waals surface area contributed by atoms with E-state index in [0.29, 0.717) is 17.8 Å². The van der Waals surface area contributed by atoms with E-state index in [1.54, 1.807) is 6.07 Å². The number of alkyl halides is 3. The van der Waals surface area contributed by atoms with Crippen molar-refractivity contribution in [2.24, 2.45) is 0 Å². The zero-order valence-electron chi connectivity index (χ0n) is 15.2. The Labute approximate surface area is 155 Å². The SMILES string of the molecule is CCC1CN(C(=O)c2c(F)cccc2C(F)(F)F)c2cc(C)c(C)cc2N1. The van der Waals surface area contributed by atoms with Crippen LogP contribution in [0.1, 0.15) is 40.4 Å². The highest BCUT2D eigenvalue weighted by molar-refractivity contribution is 6.09. The number of nitrogens with one attached hydrogen (secondary N) is 1. The summed E-state index contributed by atoms with van der Waals surface area (Å²) in [4.78, 5) is 14.3. The van der Waals surface area contributed by atoms with Gasteiger partial charge in [-0.05, 0) is 55.7 Å². The second-order valence-electron chi connectivity index (χ2n) is 6.78. The molecule has 7 heteroatoms. The molecule has 0 aliphatic carbocycles. The highest BCUT2D eigenvalue weighted by Gasteiger charge is 2.39. The molecule has 27 heavy (non-hydrogen) atoms. The maximum Gasteiger partial charge on any atom is 0.417 e. The molecule has 0 radical (unpaired) electrons. The number of carbonyl (C=O) groups is 1. The Morgan fingerprint density at radius 1 is 1.22 bits per heavy atom. The number of hydrogen-bond donors (Lipinski definition) is 1. The number of carbonyl (C=O) groups excluding carboxylic acids is 1. The summed E-state index contributed by atoms with van der Waals surface area (Å²) >= 11 is 0. The van der Waals surface area contributed by atoms with E-state index in [9.17, 15) is 22.4 Å².